The van der Waals surface area contributed by atoms with E-state index in [4.69, 9.17) is 9.47 Å². The smallest absolute Gasteiger partial charge is 0.309 e. The number of carbonyl (C=O) groups is 1. The summed E-state index contributed by atoms with van der Waals surface area (Å²) in [4.78, 5) is 11.3. The van der Waals surface area contributed by atoms with E-state index in [2.05, 4.69) is 0 Å². The second-order valence-electron chi connectivity index (χ2n) is 4.75. The van der Waals surface area contributed by atoms with E-state index in [0.29, 0.717) is 19.4 Å². The summed E-state index contributed by atoms with van der Waals surface area (Å²) in [6, 6.07) is 0. The van der Waals surface area contributed by atoms with Crippen molar-refractivity contribution in [1.29, 1.82) is 0 Å². The largest absolute Gasteiger partial charge is 0.481 e. The number of hydrogen-bond acceptors (Lipinski definition) is 4. The average Bonchev–Trinajstić information content (AvgIpc) is 2.33. The Bertz CT molecular complexity index is 238. The third-order valence-electron chi connectivity index (χ3n) is 3.41. The maximum absolute atomic E-state index is 11.3. The summed E-state index contributed by atoms with van der Waals surface area (Å²) in [5.74, 6) is -0.850. The van der Waals surface area contributed by atoms with Gasteiger partial charge in [0.2, 0.25) is 0 Å². The van der Waals surface area contributed by atoms with Crippen molar-refractivity contribution in [3.8, 4) is 0 Å². The second-order valence-corrected chi connectivity index (χ2v) is 4.75. The molecule has 0 aliphatic carbocycles. The number of methoxy groups -OCH3 is 1. The molecular weight excluding hydrogens is 236 g/mol. The zero-order valence-corrected chi connectivity index (χ0v) is 11.8. The van der Waals surface area contributed by atoms with Gasteiger partial charge in [-0.1, -0.05) is 13.8 Å². The van der Waals surface area contributed by atoms with Crippen LogP contribution in [0.25, 0.3) is 0 Å². The van der Waals surface area contributed by atoms with Crippen molar-refractivity contribution in [3.63, 3.8) is 0 Å². The van der Waals surface area contributed by atoms with E-state index >= 15 is 0 Å². The molecule has 18 heavy (non-hydrogen) atoms. The van der Waals surface area contributed by atoms with Crippen molar-refractivity contribution in [2.24, 2.45) is 5.41 Å². The molecule has 0 aliphatic heterocycles. The van der Waals surface area contributed by atoms with E-state index in [1.54, 1.807) is 7.11 Å². The van der Waals surface area contributed by atoms with Crippen LogP contribution in [0.2, 0.25) is 0 Å². The highest BCUT2D eigenvalue weighted by molar-refractivity contribution is 5.74. The Labute approximate surface area is 109 Å². The summed E-state index contributed by atoms with van der Waals surface area (Å²) in [6.45, 7) is 6.11. The normalized spacial score (nSPS) is 15.4. The Morgan fingerprint density at radius 2 is 1.83 bits per heavy atom. The van der Waals surface area contributed by atoms with Crippen LogP contribution >= 0.6 is 0 Å². The quantitative estimate of drug-likeness (QED) is 0.626. The molecule has 0 spiro atoms. The van der Waals surface area contributed by atoms with Gasteiger partial charge in [-0.25, -0.2) is 0 Å². The molecule has 0 fully saturated rings. The Morgan fingerprint density at radius 1 is 1.28 bits per heavy atom. The molecule has 0 amide bonds. The zero-order valence-electron chi connectivity index (χ0n) is 11.8. The van der Waals surface area contributed by atoms with Crippen molar-refractivity contribution < 1.29 is 24.5 Å². The molecule has 0 rings (SSSR count). The number of carboxylic acid groups (broad SMARTS) is 1. The number of aliphatic hydroxyl groups excluding tert-OH is 1. The average molecular weight is 262 g/mol. The molecule has 2 unspecified atom stereocenters. The van der Waals surface area contributed by atoms with Gasteiger partial charge in [0.25, 0.3) is 0 Å². The first-order chi connectivity index (χ1) is 8.41. The molecule has 108 valence electrons. The van der Waals surface area contributed by atoms with Crippen LogP contribution in [0, 0.1) is 5.41 Å². The van der Waals surface area contributed by atoms with E-state index in [9.17, 15) is 15.0 Å². The lowest BCUT2D eigenvalue weighted by atomic mass is 9.77. The van der Waals surface area contributed by atoms with Gasteiger partial charge < -0.3 is 19.7 Å². The van der Waals surface area contributed by atoms with Crippen molar-refractivity contribution in [3.05, 3.63) is 0 Å². The van der Waals surface area contributed by atoms with Gasteiger partial charge in [0, 0.05) is 7.11 Å². The van der Waals surface area contributed by atoms with E-state index in [1.165, 1.54) is 0 Å². The van der Waals surface area contributed by atoms with Crippen LogP contribution in [0.5, 0.6) is 0 Å². The number of aliphatic hydroxyl groups is 1. The predicted octanol–water partition coefficient (Wildman–Crippen LogP) is 1.68. The third kappa shape index (κ3) is 5.33. The first-order valence-corrected chi connectivity index (χ1v) is 6.43. The van der Waals surface area contributed by atoms with E-state index in [-0.39, 0.29) is 19.1 Å². The lowest BCUT2D eigenvalue weighted by molar-refractivity contribution is -0.152. The highest BCUT2D eigenvalue weighted by atomic mass is 16.5. The molecule has 0 heterocycles. The fourth-order valence-electron chi connectivity index (χ4n) is 2.00. The highest BCUT2D eigenvalue weighted by Crippen LogP contribution is 2.32. The summed E-state index contributed by atoms with van der Waals surface area (Å²) in [6.07, 6.45) is 0.356. The lowest BCUT2D eigenvalue weighted by Crippen LogP contribution is -2.36. The fourth-order valence-corrected chi connectivity index (χ4v) is 2.00. The monoisotopic (exact) mass is 262 g/mol. The van der Waals surface area contributed by atoms with Crippen LogP contribution in [0.3, 0.4) is 0 Å². The summed E-state index contributed by atoms with van der Waals surface area (Å²) >= 11 is 0. The maximum Gasteiger partial charge on any atom is 0.309 e. The van der Waals surface area contributed by atoms with Crippen molar-refractivity contribution >= 4 is 5.97 Å². The topological polar surface area (TPSA) is 76.0 Å². The molecule has 2 N–H and O–H groups in total. The van der Waals surface area contributed by atoms with Gasteiger partial charge >= 0.3 is 5.97 Å². The molecule has 0 aromatic carbocycles. The highest BCUT2D eigenvalue weighted by Gasteiger charge is 2.36. The summed E-state index contributed by atoms with van der Waals surface area (Å²) < 4.78 is 10.3. The minimum absolute atomic E-state index is 0.105. The molecule has 0 saturated heterocycles. The van der Waals surface area contributed by atoms with E-state index in [1.807, 2.05) is 20.8 Å². The number of aliphatic carboxylic acids is 1. The Hall–Kier alpha value is -0.650. The molecule has 0 aliphatic rings. The Kier molecular flexibility index (Phi) is 8.15. The molecule has 0 radical (unpaired) electrons. The molecule has 2 atom stereocenters. The first kappa shape index (κ1) is 17.4. The van der Waals surface area contributed by atoms with Crippen LogP contribution < -0.4 is 0 Å². The van der Waals surface area contributed by atoms with Crippen molar-refractivity contribution in [2.45, 2.75) is 52.2 Å². The number of carboxylic acids is 1. The van der Waals surface area contributed by atoms with Crippen LogP contribution in [0.4, 0.5) is 0 Å². The standard InChI is InChI=1S/C13H26O5/c1-5-13(6-2,12(15)16)7-11(14)9-18-10(3)8-17-4/h10-11,14H,5-9H2,1-4H3,(H,15,16). The fraction of sp³-hybridized carbons (Fsp3) is 0.923. The molecule has 5 nitrogen and oxygen atoms in total. The van der Waals surface area contributed by atoms with E-state index in [0.717, 1.165) is 0 Å². The van der Waals surface area contributed by atoms with Crippen LogP contribution in [0.1, 0.15) is 40.0 Å². The minimum Gasteiger partial charge on any atom is -0.481 e. The zero-order chi connectivity index (χ0) is 14.2. The van der Waals surface area contributed by atoms with Gasteiger partial charge in [0.15, 0.2) is 0 Å². The van der Waals surface area contributed by atoms with E-state index < -0.39 is 17.5 Å². The van der Waals surface area contributed by atoms with Crippen molar-refractivity contribution in [2.75, 3.05) is 20.3 Å². The molecule has 0 aromatic rings. The molecule has 0 saturated carbocycles. The number of ether oxygens (including phenoxy) is 2. The van der Waals surface area contributed by atoms with Gasteiger partial charge in [0.05, 0.1) is 30.8 Å². The van der Waals surface area contributed by atoms with Gasteiger partial charge in [-0.15, -0.1) is 0 Å². The maximum atomic E-state index is 11.3. The lowest BCUT2D eigenvalue weighted by Gasteiger charge is -2.29. The Balaban J connectivity index is 4.26. The predicted molar refractivity (Wildman–Crippen MR) is 68.6 cm³/mol. The Morgan fingerprint density at radius 3 is 2.22 bits per heavy atom. The minimum atomic E-state index is -0.854. The molecule has 5 heteroatoms. The second kappa shape index (κ2) is 8.45. The number of rotatable bonds is 10. The van der Waals surface area contributed by atoms with Gasteiger partial charge in [0.1, 0.15) is 0 Å². The number of hydrogen-bond donors (Lipinski definition) is 2. The van der Waals surface area contributed by atoms with Crippen LogP contribution in [0.15, 0.2) is 0 Å². The summed E-state index contributed by atoms with van der Waals surface area (Å²) in [7, 11) is 1.58. The van der Waals surface area contributed by atoms with Crippen LogP contribution in [-0.2, 0) is 14.3 Å². The summed E-state index contributed by atoms with van der Waals surface area (Å²) in [5, 5.41) is 19.1. The third-order valence-corrected chi connectivity index (χ3v) is 3.41. The first-order valence-electron chi connectivity index (χ1n) is 6.43. The molecule has 0 bridgehead atoms. The van der Waals surface area contributed by atoms with Gasteiger partial charge in [-0.2, -0.15) is 0 Å². The summed E-state index contributed by atoms with van der Waals surface area (Å²) in [5.41, 5.74) is -0.854. The SMILES string of the molecule is CCC(CC)(CC(O)COC(C)COC)C(=O)O. The van der Waals surface area contributed by atoms with Crippen molar-refractivity contribution in [1.82, 2.24) is 0 Å². The van der Waals surface area contributed by atoms with Crippen LogP contribution in [-0.4, -0.2) is 48.7 Å². The molecular formula is C13H26O5. The van der Waals surface area contributed by atoms with Gasteiger partial charge in [-0.3, -0.25) is 4.79 Å². The molecule has 0 aromatic heterocycles. The van der Waals surface area contributed by atoms with Gasteiger partial charge in [-0.05, 0) is 26.2 Å².